The van der Waals surface area contributed by atoms with Gasteiger partial charge in [0.2, 0.25) is 0 Å². The zero-order chi connectivity index (χ0) is 15.4. The Balaban J connectivity index is 2.01. The molecule has 2 aromatic carbocycles. The van der Waals surface area contributed by atoms with E-state index in [0.29, 0.717) is 18.0 Å². The van der Waals surface area contributed by atoms with Crippen LogP contribution in [-0.2, 0) is 0 Å². The molecule has 0 aliphatic carbocycles. The number of aromatic amines is 1. The van der Waals surface area contributed by atoms with Crippen molar-refractivity contribution in [1.29, 1.82) is 5.26 Å². The van der Waals surface area contributed by atoms with Crippen LogP contribution in [0.1, 0.15) is 12.6 Å². The van der Waals surface area contributed by atoms with Crippen LogP contribution in [0.5, 0.6) is 5.75 Å². The molecular weight excluding hydrogens is 276 g/mol. The van der Waals surface area contributed by atoms with Crippen molar-refractivity contribution in [3.05, 3.63) is 54.2 Å². The first kappa shape index (κ1) is 13.8. The van der Waals surface area contributed by atoms with Gasteiger partial charge < -0.3 is 4.74 Å². The van der Waals surface area contributed by atoms with Gasteiger partial charge in [0.25, 0.3) is 0 Å². The maximum Gasteiger partial charge on any atom is 0.190 e. The molecule has 0 aliphatic rings. The molecule has 0 atom stereocenters. The lowest BCUT2D eigenvalue weighted by atomic mass is 10.0. The van der Waals surface area contributed by atoms with Crippen LogP contribution in [0.25, 0.3) is 22.4 Å². The van der Waals surface area contributed by atoms with E-state index < -0.39 is 0 Å². The summed E-state index contributed by atoms with van der Waals surface area (Å²) in [7, 11) is 0. The van der Waals surface area contributed by atoms with Gasteiger partial charge in [0.15, 0.2) is 5.69 Å². The molecule has 0 radical (unpaired) electrons. The summed E-state index contributed by atoms with van der Waals surface area (Å²) in [6.07, 6.45) is 0. The lowest BCUT2D eigenvalue weighted by molar-refractivity contribution is 0.340. The fourth-order valence-electron chi connectivity index (χ4n) is 2.29. The standard InChI is InChI=1S/C17H14N4O/c1-2-22-15-8-4-6-13(10-15)12-5-3-7-14(9-12)17-16(11-18)19-21-20-17/h3-10H,2H2,1H3,(H,19,20,21). The lowest BCUT2D eigenvalue weighted by Crippen LogP contribution is -1.91. The SMILES string of the molecule is CCOc1cccc(-c2cccc(-c3n[nH]nc3C#N)c2)c1. The summed E-state index contributed by atoms with van der Waals surface area (Å²) in [6, 6.07) is 17.8. The molecule has 0 saturated carbocycles. The van der Waals surface area contributed by atoms with Crippen LogP contribution in [-0.4, -0.2) is 22.0 Å². The van der Waals surface area contributed by atoms with E-state index in [9.17, 15) is 0 Å². The minimum atomic E-state index is 0.292. The van der Waals surface area contributed by atoms with Crippen LogP contribution >= 0.6 is 0 Å². The van der Waals surface area contributed by atoms with E-state index in [2.05, 4.69) is 15.4 Å². The summed E-state index contributed by atoms with van der Waals surface area (Å²) in [4.78, 5) is 0. The molecule has 5 nitrogen and oxygen atoms in total. The van der Waals surface area contributed by atoms with E-state index in [0.717, 1.165) is 22.4 Å². The summed E-state index contributed by atoms with van der Waals surface area (Å²) in [6.45, 7) is 2.59. The van der Waals surface area contributed by atoms with Crippen LogP contribution < -0.4 is 4.74 Å². The fourth-order valence-corrected chi connectivity index (χ4v) is 2.29. The summed E-state index contributed by atoms with van der Waals surface area (Å²) in [5.41, 5.74) is 3.79. The van der Waals surface area contributed by atoms with Gasteiger partial charge in [-0.05, 0) is 36.2 Å². The van der Waals surface area contributed by atoms with Gasteiger partial charge in [-0.2, -0.15) is 15.6 Å². The molecule has 1 aromatic heterocycles. The third kappa shape index (κ3) is 2.67. The van der Waals surface area contributed by atoms with E-state index in [1.54, 1.807) is 0 Å². The second-order valence-electron chi connectivity index (χ2n) is 4.67. The molecule has 22 heavy (non-hydrogen) atoms. The minimum Gasteiger partial charge on any atom is -0.494 e. The number of benzene rings is 2. The highest BCUT2D eigenvalue weighted by Gasteiger charge is 2.10. The van der Waals surface area contributed by atoms with Gasteiger partial charge in [-0.15, -0.1) is 5.10 Å². The summed E-state index contributed by atoms with van der Waals surface area (Å²) in [5.74, 6) is 0.838. The van der Waals surface area contributed by atoms with Gasteiger partial charge in [0.05, 0.1) is 6.61 Å². The van der Waals surface area contributed by atoms with Crippen molar-refractivity contribution in [2.75, 3.05) is 6.61 Å². The molecule has 0 unspecified atom stereocenters. The predicted molar refractivity (Wildman–Crippen MR) is 83.1 cm³/mol. The molecule has 1 heterocycles. The van der Waals surface area contributed by atoms with E-state index in [4.69, 9.17) is 10.00 Å². The molecule has 0 spiro atoms. The zero-order valence-corrected chi connectivity index (χ0v) is 12.1. The Bertz CT molecular complexity index is 832. The molecule has 0 fully saturated rings. The Hall–Kier alpha value is -3.13. The van der Waals surface area contributed by atoms with Gasteiger partial charge in [0.1, 0.15) is 17.5 Å². The Kier molecular flexibility index (Phi) is 3.84. The number of H-pyrrole nitrogens is 1. The number of hydrogen-bond donors (Lipinski definition) is 1. The third-order valence-corrected chi connectivity index (χ3v) is 3.27. The molecular formula is C17H14N4O. The number of aromatic nitrogens is 3. The fraction of sp³-hybridized carbons (Fsp3) is 0.118. The van der Waals surface area contributed by atoms with Crippen LogP contribution in [0.4, 0.5) is 0 Å². The number of nitrogens with one attached hydrogen (secondary N) is 1. The van der Waals surface area contributed by atoms with Crippen LogP contribution in [0.3, 0.4) is 0 Å². The average Bonchev–Trinajstić information content (AvgIpc) is 3.04. The van der Waals surface area contributed by atoms with Crippen molar-refractivity contribution < 1.29 is 4.74 Å². The number of nitrogens with zero attached hydrogens (tertiary/aromatic N) is 3. The topological polar surface area (TPSA) is 74.6 Å². The highest BCUT2D eigenvalue weighted by Crippen LogP contribution is 2.28. The Labute approximate surface area is 128 Å². The van der Waals surface area contributed by atoms with Crippen molar-refractivity contribution in [3.63, 3.8) is 0 Å². The summed E-state index contributed by atoms with van der Waals surface area (Å²) >= 11 is 0. The predicted octanol–water partition coefficient (Wildman–Crippen LogP) is 3.41. The zero-order valence-electron chi connectivity index (χ0n) is 12.1. The van der Waals surface area contributed by atoms with Crippen LogP contribution in [0, 0.1) is 11.3 Å². The monoisotopic (exact) mass is 290 g/mol. The Morgan fingerprint density at radius 1 is 1.05 bits per heavy atom. The van der Waals surface area contributed by atoms with Crippen molar-refractivity contribution in [2.24, 2.45) is 0 Å². The second kappa shape index (κ2) is 6.10. The molecule has 0 saturated heterocycles. The van der Waals surface area contributed by atoms with E-state index >= 15 is 0 Å². The smallest absolute Gasteiger partial charge is 0.190 e. The largest absolute Gasteiger partial charge is 0.494 e. The van der Waals surface area contributed by atoms with E-state index in [1.165, 1.54) is 0 Å². The van der Waals surface area contributed by atoms with E-state index in [1.807, 2.05) is 61.5 Å². The molecule has 5 heteroatoms. The molecule has 0 amide bonds. The number of ether oxygens (including phenoxy) is 1. The molecule has 1 N–H and O–H groups in total. The minimum absolute atomic E-state index is 0.292. The molecule has 0 aliphatic heterocycles. The first-order chi connectivity index (χ1) is 10.8. The molecule has 3 rings (SSSR count). The lowest BCUT2D eigenvalue weighted by Gasteiger charge is -2.07. The van der Waals surface area contributed by atoms with Crippen molar-refractivity contribution in [2.45, 2.75) is 6.92 Å². The maximum absolute atomic E-state index is 9.06. The Morgan fingerprint density at radius 3 is 2.55 bits per heavy atom. The van der Waals surface area contributed by atoms with E-state index in [-0.39, 0.29) is 0 Å². The van der Waals surface area contributed by atoms with Gasteiger partial charge in [-0.25, -0.2) is 0 Å². The highest BCUT2D eigenvalue weighted by atomic mass is 16.5. The number of hydrogen-bond acceptors (Lipinski definition) is 4. The van der Waals surface area contributed by atoms with Gasteiger partial charge in [-0.1, -0.05) is 30.3 Å². The normalized spacial score (nSPS) is 10.2. The quantitative estimate of drug-likeness (QED) is 0.799. The van der Waals surface area contributed by atoms with Crippen molar-refractivity contribution in [1.82, 2.24) is 15.4 Å². The number of rotatable bonds is 4. The molecule has 3 aromatic rings. The highest BCUT2D eigenvalue weighted by molar-refractivity contribution is 5.73. The molecule has 108 valence electrons. The third-order valence-electron chi connectivity index (χ3n) is 3.27. The first-order valence-corrected chi connectivity index (χ1v) is 6.96. The van der Waals surface area contributed by atoms with Crippen molar-refractivity contribution in [3.8, 4) is 34.2 Å². The summed E-state index contributed by atoms with van der Waals surface area (Å²) < 4.78 is 5.54. The first-order valence-electron chi connectivity index (χ1n) is 6.96. The number of nitriles is 1. The van der Waals surface area contributed by atoms with Crippen LogP contribution in [0.2, 0.25) is 0 Å². The second-order valence-corrected chi connectivity index (χ2v) is 4.67. The summed E-state index contributed by atoms with van der Waals surface area (Å²) in [5, 5.41) is 19.4. The van der Waals surface area contributed by atoms with Crippen molar-refractivity contribution >= 4 is 0 Å². The average molecular weight is 290 g/mol. The maximum atomic E-state index is 9.06. The van der Waals surface area contributed by atoms with Gasteiger partial charge in [-0.3, -0.25) is 0 Å². The Morgan fingerprint density at radius 2 is 1.77 bits per heavy atom. The van der Waals surface area contributed by atoms with Gasteiger partial charge in [0, 0.05) is 5.56 Å². The van der Waals surface area contributed by atoms with Crippen LogP contribution in [0.15, 0.2) is 48.5 Å². The molecule has 0 bridgehead atoms. The van der Waals surface area contributed by atoms with Gasteiger partial charge >= 0.3 is 0 Å².